The summed E-state index contributed by atoms with van der Waals surface area (Å²) >= 11 is 1.58. The molecule has 4 rings (SSSR count). The fourth-order valence-electron chi connectivity index (χ4n) is 3.31. The van der Waals surface area contributed by atoms with E-state index in [0.717, 1.165) is 65.6 Å². The predicted octanol–water partition coefficient (Wildman–Crippen LogP) is 2.36. The molecule has 26 heavy (non-hydrogen) atoms. The number of nitrogens with one attached hydrogen (secondary N) is 1. The van der Waals surface area contributed by atoms with Gasteiger partial charge in [-0.3, -0.25) is 0 Å². The van der Waals surface area contributed by atoms with Crippen LogP contribution in [0.1, 0.15) is 25.7 Å². The molecule has 142 valence electrons. The SMILES string of the molecule is COc1ccc(OC)c2sc(N3CCC(NS(=O)(=O)C4CC4)CC3)nc12. The molecule has 2 aromatic rings. The summed E-state index contributed by atoms with van der Waals surface area (Å²) in [4.78, 5) is 6.97. The van der Waals surface area contributed by atoms with Crippen LogP contribution < -0.4 is 19.1 Å². The lowest BCUT2D eigenvalue weighted by atomic mass is 10.1. The second kappa shape index (κ2) is 6.86. The molecule has 1 saturated carbocycles. The molecule has 0 radical (unpaired) electrons. The van der Waals surface area contributed by atoms with Crippen molar-refractivity contribution in [3.63, 3.8) is 0 Å². The summed E-state index contributed by atoms with van der Waals surface area (Å²) in [6.07, 6.45) is 3.17. The van der Waals surface area contributed by atoms with Crippen molar-refractivity contribution in [1.29, 1.82) is 0 Å². The molecular weight excluding hydrogens is 374 g/mol. The van der Waals surface area contributed by atoms with E-state index >= 15 is 0 Å². The Hall–Kier alpha value is -1.58. The van der Waals surface area contributed by atoms with Crippen LogP contribution in [-0.4, -0.2) is 52.0 Å². The summed E-state index contributed by atoms with van der Waals surface area (Å²) in [7, 11) is 0.166. The number of fused-ring (bicyclic) bond motifs is 1. The third kappa shape index (κ3) is 3.35. The van der Waals surface area contributed by atoms with Crippen molar-refractivity contribution in [3.05, 3.63) is 12.1 Å². The largest absolute Gasteiger partial charge is 0.495 e. The number of hydrogen-bond acceptors (Lipinski definition) is 7. The first-order valence-electron chi connectivity index (χ1n) is 8.79. The lowest BCUT2D eigenvalue weighted by molar-refractivity contribution is 0.410. The first kappa shape index (κ1) is 17.8. The van der Waals surface area contributed by atoms with E-state index in [4.69, 9.17) is 14.5 Å². The van der Waals surface area contributed by atoms with E-state index in [2.05, 4.69) is 9.62 Å². The van der Waals surface area contributed by atoms with Crippen LogP contribution in [0.2, 0.25) is 0 Å². The molecule has 2 heterocycles. The van der Waals surface area contributed by atoms with Crippen molar-refractivity contribution in [2.75, 3.05) is 32.2 Å². The minimum absolute atomic E-state index is 0.0234. The average Bonchev–Trinajstić information content (AvgIpc) is 3.41. The highest BCUT2D eigenvalue weighted by Crippen LogP contribution is 2.40. The Labute approximate surface area is 157 Å². The monoisotopic (exact) mass is 397 g/mol. The molecule has 0 atom stereocenters. The molecule has 2 aliphatic rings. The van der Waals surface area contributed by atoms with Crippen LogP contribution in [0.4, 0.5) is 5.13 Å². The van der Waals surface area contributed by atoms with Crippen molar-refractivity contribution in [2.24, 2.45) is 0 Å². The van der Waals surface area contributed by atoms with Gasteiger partial charge in [-0.05, 0) is 37.8 Å². The van der Waals surface area contributed by atoms with Crippen molar-refractivity contribution >= 4 is 36.7 Å². The van der Waals surface area contributed by atoms with Crippen LogP contribution in [-0.2, 0) is 10.0 Å². The highest BCUT2D eigenvalue weighted by atomic mass is 32.2. The van der Waals surface area contributed by atoms with Gasteiger partial charge in [0, 0.05) is 19.1 Å². The quantitative estimate of drug-likeness (QED) is 0.806. The summed E-state index contributed by atoms with van der Waals surface area (Å²) < 4.78 is 38.9. The van der Waals surface area contributed by atoms with Gasteiger partial charge < -0.3 is 14.4 Å². The number of anilines is 1. The standard InChI is InChI=1S/C17H23N3O4S2/c1-23-13-5-6-14(24-2)16-15(13)18-17(25-16)20-9-7-11(8-10-20)19-26(21,22)12-3-4-12/h5-6,11-12,19H,3-4,7-10H2,1-2H3. The summed E-state index contributed by atoms with van der Waals surface area (Å²) in [6, 6.07) is 3.78. The van der Waals surface area contributed by atoms with Crippen LogP contribution in [0.5, 0.6) is 11.5 Å². The van der Waals surface area contributed by atoms with E-state index in [9.17, 15) is 8.42 Å². The molecule has 2 fully saturated rings. The van der Waals surface area contributed by atoms with Gasteiger partial charge >= 0.3 is 0 Å². The normalized spacial score (nSPS) is 19.1. The molecule has 7 nitrogen and oxygen atoms in total. The highest BCUT2D eigenvalue weighted by Gasteiger charge is 2.37. The summed E-state index contributed by atoms with van der Waals surface area (Å²) in [5.41, 5.74) is 0.809. The Kier molecular flexibility index (Phi) is 4.70. The van der Waals surface area contributed by atoms with Crippen LogP contribution in [0.25, 0.3) is 10.2 Å². The maximum absolute atomic E-state index is 12.1. The molecule has 1 aromatic heterocycles. The fraction of sp³-hybridized carbons (Fsp3) is 0.588. The Morgan fingerprint density at radius 3 is 2.38 bits per heavy atom. The molecule has 1 aliphatic heterocycles. The first-order valence-corrected chi connectivity index (χ1v) is 11.2. The zero-order valence-electron chi connectivity index (χ0n) is 14.9. The Balaban J connectivity index is 1.49. The number of nitrogens with zero attached hydrogens (tertiary/aromatic N) is 2. The van der Waals surface area contributed by atoms with Gasteiger partial charge in [-0.1, -0.05) is 11.3 Å². The van der Waals surface area contributed by atoms with Gasteiger partial charge in [0.2, 0.25) is 10.0 Å². The predicted molar refractivity (Wildman–Crippen MR) is 103 cm³/mol. The molecule has 0 unspecified atom stereocenters. The lowest BCUT2D eigenvalue weighted by Crippen LogP contribution is -2.45. The topological polar surface area (TPSA) is 80.8 Å². The number of rotatable bonds is 6. The van der Waals surface area contributed by atoms with Gasteiger partial charge in [-0.25, -0.2) is 18.1 Å². The van der Waals surface area contributed by atoms with Crippen LogP contribution >= 0.6 is 11.3 Å². The molecule has 1 aromatic carbocycles. The number of ether oxygens (including phenoxy) is 2. The number of benzene rings is 1. The van der Waals surface area contributed by atoms with Crippen molar-refractivity contribution < 1.29 is 17.9 Å². The second-order valence-electron chi connectivity index (χ2n) is 6.77. The smallest absolute Gasteiger partial charge is 0.214 e. The summed E-state index contributed by atoms with van der Waals surface area (Å²) in [5.74, 6) is 1.52. The Morgan fingerprint density at radius 2 is 1.77 bits per heavy atom. The maximum atomic E-state index is 12.1. The van der Waals surface area contributed by atoms with E-state index in [0.29, 0.717) is 0 Å². The number of aromatic nitrogens is 1. The second-order valence-corrected chi connectivity index (χ2v) is 9.74. The van der Waals surface area contributed by atoms with Crippen molar-refractivity contribution in [1.82, 2.24) is 9.71 Å². The van der Waals surface area contributed by atoms with E-state index in [1.165, 1.54) is 0 Å². The maximum Gasteiger partial charge on any atom is 0.214 e. The van der Waals surface area contributed by atoms with Gasteiger partial charge in [0.15, 0.2) is 5.13 Å². The molecule has 1 saturated heterocycles. The number of piperidine rings is 1. The molecule has 1 aliphatic carbocycles. The molecule has 1 N–H and O–H groups in total. The van der Waals surface area contributed by atoms with E-state index in [1.807, 2.05) is 12.1 Å². The Morgan fingerprint density at radius 1 is 1.12 bits per heavy atom. The molecule has 9 heteroatoms. The van der Waals surface area contributed by atoms with E-state index < -0.39 is 10.0 Å². The van der Waals surface area contributed by atoms with Crippen molar-refractivity contribution in [2.45, 2.75) is 37.0 Å². The van der Waals surface area contributed by atoms with E-state index in [1.54, 1.807) is 25.6 Å². The van der Waals surface area contributed by atoms with Gasteiger partial charge in [0.05, 0.1) is 19.5 Å². The number of hydrogen-bond donors (Lipinski definition) is 1. The lowest BCUT2D eigenvalue weighted by Gasteiger charge is -2.31. The molecule has 0 amide bonds. The van der Waals surface area contributed by atoms with Crippen LogP contribution in [0, 0.1) is 0 Å². The number of thiazole rings is 1. The number of methoxy groups -OCH3 is 2. The van der Waals surface area contributed by atoms with Gasteiger partial charge in [0.25, 0.3) is 0 Å². The Bertz CT molecular complexity index is 859. The molecule has 0 spiro atoms. The molecular formula is C17H23N3O4S2. The van der Waals surface area contributed by atoms with Gasteiger partial charge in [-0.2, -0.15) is 0 Å². The third-order valence-corrected chi connectivity index (χ3v) is 8.10. The van der Waals surface area contributed by atoms with E-state index in [-0.39, 0.29) is 11.3 Å². The molecule has 0 bridgehead atoms. The van der Waals surface area contributed by atoms with Crippen molar-refractivity contribution in [3.8, 4) is 11.5 Å². The summed E-state index contributed by atoms with van der Waals surface area (Å²) in [6.45, 7) is 1.56. The zero-order chi connectivity index (χ0) is 18.3. The minimum Gasteiger partial charge on any atom is -0.495 e. The van der Waals surface area contributed by atoms with Crippen LogP contribution in [0.3, 0.4) is 0 Å². The van der Waals surface area contributed by atoms with Crippen LogP contribution in [0.15, 0.2) is 12.1 Å². The average molecular weight is 398 g/mol. The summed E-state index contributed by atoms with van der Waals surface area (Å²) in [5, 5.41) is 0.760. The van der Waals surface area contributed by atoms with Gasteiger partial charge in [0.1, 0.15) is 21.7 Å². The zero-order valence-corrected chi connectivity index (χ0v) is 16.5. The first-order chi connectivity index (χ1) is 12.5. The highest BCUT2D eigenvalue weighted by molar-refractivity contribution is 7.90. The third-order valence-electron chi connectivity index (χ3n) is 4.96. The van der Waals surface area contributed by atoms with Gasteiger partial charge in [-0.15, -0.1) is 0 Å². The minimum atomic E-state index is -3.12. The fourth-order valence-corrected chi connectivity index (χ4v) is 6.08. The number of sulfonamides is 1.